The third kappa shape index (κ3) is 6.23. The van der Waals surface area contributed by atoms with Crippen LogP contribution in [0.2, 0.25) is 0 Å². The van der Waals surface area contributed by atoms with E-state index in [1.165, 1.54) is 0 Å². The molecule has 0 saturated heterocycles. The number of benzene rings is 2. The van der Waals surface area contributed by atoms with Gasteiger partial charge in [0.1, 0.15) is 6.61 Å². The second-order valence-electron chi connectivity index (χ2n) is 9.12. The van der Waals surface area contributed by atoms with Crippen molar-refractivity contribution in [2.45, 2.75) is 52.7 Å². The number of aromatic nitrogens is 2. The van der Waals surface area contributed by atoms with E-state index in [4.69, 9.17) is 18.7 Å². The molecule has 2 heterocycles. The highest BCUT2D eigenvalue weighted by molar-refractivity contribution is 7.92. The first kappa shape index (κ1) is 28.1. The van der Waals surface area contributed by atoms with Gasteiger partial charge in [-0.05, 0) is 63.4 Å². The van der Waals surface area contributed by atoms with Gasteiger partial charge in [0.2, 0.25) is 5.88 Å². The molecule has 4 aromatic rings. The third-order valence-electron chi connectivity index (χ3n) is 6.32. The third-order valence-corrected chi connectivity index (χ3v) is 7.71. The van der Waals surface area contributed by atoms with Gasteiger partial charge in [-0.25, -0.2) is 13.1 Å². The fourth-order valence-electron chi connectivity index (χ4n) is 4.24. The summed E-state index contributed by atoms with van der Waals surface area (Å²) < 4.78 is 52.0. The van der Waals surface area contributed by atoms with Crippen LogP contribution in [0.1, 0.15) is 40.7 Å². The van der Waals surface area contributed by atoms with Crippen LogP contribution in [0.4, 0.5) is 5.88 Å². The minimum absolute atomic E-state index is 0.0985. The molecule has 1 N–H and O–H groups in total. The lowest BCUT2D eigenvalue weighted by atomic mass is 9.98. The molecule has 0 unspecified atom stereocenters. The molecule has 10 heteroatoms. The maximum absolute atomic E-state index is 13.5. The van der Waals surface area contributed by atoms with Gasteiger partial charge in [-0.1, -0.05) is 35.5 Å². The number of hydrogen-bond donors (Lipinski definition) is 1. The van der Waals surface area contributed by atoms with Crippen molar-refractivity contribution in [3.05, 3.63) is 82.3 Å². The summed E-state index contributed by atoms with van der Waals surface area (Å²) in [5, 5.41) is 3.85. The zero-order valence-corrected chi connectivity index (χ0v) is 23.8. The Balaban J connectivity index is 1.69. The second kappa shape index (κ2) is 11.9. The number of pyridine rings is 1. The summed E-state index contributed by atoms with van der Waals surface area (Å²) in [4.78, 5) is 4.55. The van der Waals surface area contributed by atoms with Crippen LogP contribution >= 0.6 is 0 Å². The Morgan fingerprint density at radius 1 is 0.949 bits per heavy atom. The predicted octanol–water partition coefficient (Wildman–Crippen LogP) is 5.90. The van der Waals surface area contributed by atoms with E-state index in [9.17, 15) is 8.42 Å². The molecular weight excluding hydrogens is 518 g/mol. The first-order valence-electron chi connectivity index (χ1n) is 12.5. The summed E-state index contributed by atoms with van der Waals surface area (Å²) in [6, 6.07) is 14.5. The van der Waals surface area contributed by atoms with Crippen LogP contribution in [-0.4, -0.2) is 32.3 Å². The fraction of sp³-hybridized carbons (Fsp3) is 0.310. The molecule has 0 aliphatic heterocycles. The van der Waals surface area contributed by atoms with Crippen molar-refractivity contribution >= 4 is 15.9 Å². The van der Waals surface area contributed by atoms with Gasteiger partial charge in [-0.3, -0.25) is 4.98 Å². The molecule has 0 radical (unpaired) electrons. The van der Waals surface area contributed by atoms with Crippen molar-refractivity contribution < 1.29 is 27.2 Å². The van der Waals surface area contributed by atoms with E-state index in [1.807, 2.05) is 45.0 Å². The van der Waals surface area contributed by atoms with Crippen molar-refractivity contribution in [3.8, 4) is 22.6 Å². The van der Waals surface area contributed by atoms with Crippen molar-refractivity contribution in [1.82, 2.24) is 10.1 Å². The number of anilines is 1. The van der Waals surface area contributed by atoms with E-state index < -0.39 is 10.0 Å². The largest absolute Gasteiger partial charge is 0.491 e. The zero-order valence-electron chi connectivity index (χ0n) is 23.0. The van der Waals surface area contributed by atoms with E-state index in [-0.39, 0.29) is 17.4 Å². The molecule has 2 aromatic carbocycles. The summed E-state index contributed by atoms with van der Waals surface area (Å²) in [5.74, 6) is 1.30. The molecule has 0 amide bonds. The van der Waals surface area contributed by atoms with Crippen molar-refractivity contribution in [2.75, 3.05) is 18.4 Å². The fourth-order valence-corrected chi connectivity index (χ4v) is 5.51. The number of ether oxygens (including phenoxy) is 3. The van der Waals surface area contributed by atoms with Gasteiger partial charge in [0.25, 0.3) is 10.0 Å². The Labute approximate surface area is 229 Å². The SMILES string of the molecule is CCOCc1cc(COc2cc(C)nc(C)c2OC)ccc1-c1ccccc1S(=O)(=O)Nc1onc(C)c1C. The molecular formula is C29H33N3O6S. The molecule has 0 saturated carbocycles. The monoisotopic (exact) mass is 551 g/mol. The highest BCUT2D eigenvalue weighted by Crippen LogP contribution is 2.34. The zero-order chi connectivity index (χ0) is 28.2. The number of aryl methyl sites for hydroxylation is 3. The van der Waals surface area contributed by atoms with Crippen molar-refractivity contribution in [2.24, 2.45) is 0 Å². The predicted molar refractivity (Wildman–Crippen MR) is 149 cm³/mol. The van der Waals surface area contributed by atoms with Gasteiger partial charge >= 0.3 is 0 Å². The van der Waals surface area contributed by atoms with Gasteiger partial charge in [-0.15, -0.1) is 0 Å². The lowest BCUT2D eigenvalue weighted by Gasteiger charge is -2.17. The minimum atomic E-state index is -3.98. The summed E-state index contributed by atoms with van der Waals surface area (Å²) in [7, 11) is -2.39. The molecule has 206 valence electrons. The second-order valence-corrected chi connectivity index (χ2v) is 10.8. The maximum atomic E-state index is 13.5. The number of methoxy groups -OCH3 is 1. The van der Waals surface area contributed by atoms with Crippen LogP contribution in [0.5, 0.6) is 11.5 Å². The van der Waals surface area contributed by atoms with Gasteiger partial charge in [0.15, 0.2) is 11.5 Å². The van der Waals surface area contributed by atoms with Crippen LogP contribution in [0.15, 0.2) is 57.9 Å². The first-order chi connectivity index (χ1) is 18.6. The quantitative estimate of drug-likeness (QED) is 0.245. The van der Waals surface area contributed by atoms with Gasteiger partial charge in [-0.2, -0.15) is 0 Å². The van der Waals surface area contributed by atoms with Crippen molar-refractivity contribution in [1.29, 1.82) is 0 Å². The number of rotatable bonds is 11. The lowest BCUT2D eigenvalue weighted by molar-refractivity contribution is 0.134. The van der Waals surface area contributed by atoms with E-state index >= 15 is 0 Å². The molecule has 0 aliphatic carbocycles. The van der Waals surface area contributed by atoms with Crippen LogP contribution in [-0.2, 0) is 28.0 Å². The molecule has 0 spiro atoms. The minimum Gasteiger partial charge on any atom is -0.491 e. The molecule has 2 aromatic heterocycles. The Hall–Kier alpha value is -3.89. The number of nitrogens with zero attached hydrogens (tertiary/aromatic N) is 2. The summed E-state index contributed by atoms with van der Waals surface area (Å²) in [5.41, 5.74) is 5.85. The average Bonchev–Trinajstić information content (AvgIpc) is 3.22. The number of sulfonamides is 1. The molecule has 4 rings (SSSR count). The first-order valence-corrected chi connectivity index (χ1v) is 14.0. The van der Waals surface area contributed by atoms with Crippen LogP contribution < -0.4 is 14.2 Å². The lowest BCUT2D eigenvalue weighted by Crippen LogP contribution is -2.14. The summed E-state index contributed by atoms with van der Waals surface area (Å²) >= 11 is 0. The van der Waals surface area contributed by atoms with Gasteiger partial charge in [0.05, 0.1) is 30.0 Å². The Kier molecular flexibility index (Phi) is 8.57. The van der Waals surface area contributed by atoms with Crippen LogP contribution in [0.25, 0.3) is 11.1 Å². The average molecular weight is 552 g/mol. The molecule has 0 atom stereocenters. The van der Waals surface area contributed by atoms with Crippen LogP contribution in [0.3, 0.4) is 0 Å². The van der Waals surface area contributed by atoms with E-state index in [0.717, 1.165) is 28.1 Å². The number of hydrogen-bond acceptors (Lipinski definition) is 8. The van der Waals surface area contributed by atoms with Crippen molar-refractivity contribution in [3.63, 3.8) is 0 Å². The molecule has 0 fully saturated rings. The Bertz CT molecular complexity index is 1580. The van der Waals surface area contributed by atoms with E-state index in [2.05, 4.69) is 14.9 Å². The van der Waals surface area contributed by atoms with Gasteiger partial charge in [0, 0.05) is 29.5 Å². The van der Waals surface area contributed by atoms with Gasteiger partial charge < -0.3 is 18.7 Å². The smallest absolute Gasteiger partial charge is 0.264 e. The van der Waals surface area contributed by atoms with E-state index in [1.54, 1.807) is 45.2 Å². The van der Waals surface area contributed by atoms with Crippen LogP contribution in [0, 0.1) is 27.7 Å². The molecule has 39 heavy (non-hydrogen) atoms. The Morgan fingerprint density at radius 2 is 1.72 bits per heavy atom. The molecule has 0 aliphatic rings. The van der Waals surface area contributed by atoms with E-state index in [0.29, 0.717) is 41.5 Å². The maximum Gasteiger partial charge on any atom is 0.264 e. The molecule has 9 nitrogen and oxygen atoms in total. The highest BCUT2D eigenvalue weighted by atomic mass is 32.2. The molecule has 0 bridgehead atoms. The summed E-state index contributed by atoms with van der Waals surface area (Å²) in [6.45, 7) is 10.3. The highest BCUT2D eigenvalue weighted by Gasteiger charge is 2.24. The normalized spacial score (nSPS) is 11.4. The number of nitrogens with one attached hydrogen (secondary N) is 1. The Morgan fingerprint density at radius 3 is 2.41 bits per heavy atom. The standard InChI is InChI=1S/C29H33N3O6S/c1-7-36-17-23-15-22(16-37-26-14-18(2)30-21(5)28(26)35-6)12-13-24(23)25-10-8-9-11-27(25)39(33,34)32-29-19(3)20(4)31-38-29/h8-15,32H,7,16-17H2,1-6H3. The summed E-state index contributed by atoms with van der Waals surface area (Å²) in [6.07, 6.45) is 0. The topological polar surface area (TPSA) is 113 Å².